The first kappa shape index (κ1) is 16.9. The molecule has 2 aromatic carbocycles. The quantitative estimate of drug-likeness (QED) is 0.782. The summed E-state index contributed by atoms with van der Waals surface area (Å²) in [6.07, 6.45) is 1.69. The fraction of sp³-hybridized carbons (Fsp3) is 0.167. The Morgan fingerprint density at radius 3 is 2.92 bits per heavy atom. The van der Waals surface area contributed by atoms with Gasteiger partial charge in [-0.2, -0.15) is 0 Å². The predicted octanol–water partition coefficient (Wildman–Crippen LogP) is 4.96. The Hall–Kier alpha value is -1.98. The minimum Gasteiger partial charge on any atom is -0.503 e. The SMILES string of the molecule is CCOc1cc(/C=C2\CSc3ccc(F)cc3C2=O)cc(Cl)c1O. The molecule has 1 aliphatic rings. The summed E-state index contributed by atoms with van der Waals surface area (Å²) in [6, 6.07) is 7.41. The van der Waals surface area contributed by atoms with Crippen LogP contribution < -0.4 is 4.74 Å². The van der Waals surface area contributed by atoms with Crippen LogP contribution in [0.2, 0.25) is 5.02 Å². The number of carbonyl (C=O) groups excluding carboxylic acids is 1. The monoisotopic (exact) mass is 364 g/mol. The molecule has 0 spiro atoms. The number of ether oxygens (including phenoxy) is 1. The average Bonchev–Trinajstić information content (AvgIpc) is 2.55. The van der Waals surface area contributed by atoms with Gasteiger partial charge in [0.25, 0.3) is 0 Å². The van der Waals surface area contributed by atoms with Gasteiger partial charge in [0, 0.05) is 21.8 Å². The molecule has 0 bridgehead atoms. The average molecular weight is 365 g/mol. The van der Waals surface area contributed by atoms with E-state index in [0.29, 0.717) is 29.1 Å². The van der Waals surface area contributed by atoms with E-state index < -0.39 is 5.82 Å². The molecule has 0 unspecified atom stereocenters. The van der Waals surface area contributed by atoms with Gasteiger partial charge >= 0.3 is 0 Å². The Labute approximate surface area is 148 Å². The van der Waals surface area contributed by atoms with Gasteiger partial charge in [0.05, 0.1) is 11.6 Å². The number of phenols is 1. The van der Waals surface area contributed by atoms with E-state index in [1.165, 1.54) is 23.9 Å². The highest BCUT2D eigenvalue weighted by Gasteiger charge is 2.23. The van der Waals surface area contributed by atoms with Crippen LogP contribution in [0.4, 0.5) is 4.39 Å². The highest BCUT2D eigenvalue weighted by atomic mass is 35.5. The minimum absolute atomic E-state index is 0.127. The fourth-order valence-corrected chi connectivity index (χ4v) is 3.67. The van der Waals surface area contributed by atoms with Crippen molar-refractivity contribution in [3.63, 3.8) is 0 Å². The smallest absolute Gasteiger partial charge is 0.191 e. The number of thioether (sulfide) groups is 1. The van der Waals surface area contributed by atoms with E-state index >= 15 is 0 Å². The number of rotatable bonds is 3. The number of aromatic hydroxyl groups is 1. The van der Waals surface area contributed by atoms with Gasteiger partial charge in [-0.1, -0.05) is 11.6 Å². The summed E-state index contributed by atoms with van der Waals surface area (Å²) in [5.41, 5.74) is 1.56. The Morgan fingerprint density at radius 2 is 2.17 bits per heavy atom. The molecule has 1 heterocycles. The van der Waals surface area contributed by atoms with E-state index in [2.05, 4.69) is 0 Å². The molecule has 0 aliphatic carbocycles. The molecule has 1 aliphatic heterocycles. The number of fused-ring (bicyclic) bond motifs is 1. The van der Waals surface area contributed by atoms with Crippen molar-refractivity contribution in [2.75, 3.05) is 12.4 Å². The number of halogens is 2. The highest BCUT2D eigenvalue weighted by Crippen LogP contribution is 2.38. The molecule has 24 heavy (non-hydrogen) atoms. The molecule has 0 atom stereocenters. The van der Waals surface area contributed by atoms with Gasteiger partial charge in [-0.05, 0) is 48.9 Å². The number of carbonyl (C=O) groups is 1. The Morgan fingerprint density at radius 1 is 1.38 bits per heavy atom. The zero-order valence-corrected chi connectivity index (χ0v) is 14.4. The van der Waals surface area contributed by atoms with Crippen molar-refractivity contribution in [2.45, 2.75) is 11.8 Å². The molecule has 6 heteroatoms. The topological polar surface area (TPSA) is 46.5 Å². The molecule has 0 fully saturated rings. The molecule has 124 valence electrons. The first-order valence-electron chi connectivity index (χ1n) is 7.32. The number of ketones is 1. The number of Topliss-reactive ketones (excluding diaryl/α,β-unsaturated/α-hetero) is 1. The van der Waals surface area contributed by atoms with Gasteiger partial charge in [-0.15, -0.1) is 11.8 Å². The van der Waals surface area contributed by atoms with Gasteiger partial charge in [0.15, 0.2) is 17.3 Å². The second kappa shape index (κ2) is 6.87. The van der Waals surface area contributed by atoms with E-state index in [0.717, 1.165) is 4.90 Å². The lowest BCUT2D eigenvalue weighted by atomic mass is 10.0. The van der Waals surface area contributed by atoms with E-state index in [1.807, 2.05) is 0 Å². The summed E-state index contributed by atoms with van der Waals surface area (Å²) in [4.78, 5) is 13.3. The summed E-state index contributed by atoms with van der Waals surface area (Å²) in [5.74, 6) is -0.0165. The van der Waals surface area contributed by atoms with E-state index in [4.69, 9.17) is 16.3 Å². The van der Waals surface area contributed by atoms with Crippen molar-refractivity contribution in [2.24, 2.45) is 0 Å². The zero-order valence-electron chi connectivity index (χ0n) is 12.8. The predicted molar refractivity (Wildman–Crippen MR) is 93.7 cm³/mol. The normalized spacial score (nSPS) is 15.5. The highest BCUT2D eigenvalue weighted by molar-refractivity contribution is 7.99. The van der Waals surface area contributed by atoms with Crippen molar-refractivity contribution in [3.05, 3.63) is 57.9 Å². The first-order chi connectivity index (χ1) is 11.5. The van der Waals surface area contributed by atoms with Crippen molar-refractivity contribution in [3.8, 4) is 11.5 Å². The van der Waals surface area contributed by atoms with E-state index in [-0.39, 0.29) is 22.3 Å². The van der Waals surface area contributed by atoms with Crippen LogP contribution in [0.3, 0.4) is 0 Å². The number of phenolic OH excluding ortho intramolecular Hbond substituents is 1. The second-order valence-corrected chi connectivity index (χ2v) is 6.63. The standard InChI is InChI=1S/C18H14ClFO3S/c1-2-23-15-7-10(6-14(19)18(15)22)5-11-9-24-16-4-3-12(20)8-13(16)17(11)21/h3-8,22H,2,9H2,1H3/b11-5+. The second-order valence-electron chi connectivity index (χ2n) is 5.21. The van der Waals surface area contributed by atoms with E-state index in [1.54, 1.807) is 31.2 Å². The molecule has 0 amide bonds. The Balaban J connectivity index is 1.99. The van der Waals surface area contributed by atoms with Crippen LogP contribution in [-0.2, 0) is 0 Å². The van der Waals surface area contributed by atoms with Crippen LogP contribution in [0.5, 0.6) is 11.5 Å². The van der Waals surface area contributed by atoms with Crippen molar-refractivity contribution in [1.29, 1.82) is 0 Å². The molecule has 0 saturated carbocycles. The number of hydrogen-bond donors (Lipinski definition) is 1. The van der Waals surface area contributed by atoms with Crippen LogP contribution in [0.1, 0.15) is 22.8 Å². The molecule has 1 N–H and O–H groups in total. The molecule has 3 rings (SSSR count). The Bertz CT molecular complexity index is 848. The minimum atomic E-state index is -0.435. The summed E-state index contributed by atoms with van der Waals surface area (Å²) in [7, 11) is 0. The summed E-state index contributed by atoms with van der Waals surface area (Å²) in [6.45, 7) is 2.18. The lowest BCUT2D eigenvalue weighted by molar-refractivity contribution is 0.103. The largest absolute Gasteiger partial charge is 0.503 e. The summed E-state index contributed by atoms with van der Waals surface area (Å²) >= 11 is 7.49. The van der Waals surface area contributed by atoms with Crippen molar-refractivity contribution >= 4 is 35.2 Å². The molecule has 3 nitrogen and oxygen atoms in total. The molecule has 0 saturated heterocycles. The summed E-state index contributed by atoms with van der Waals surface area (Å²) < 4.78 is 18.8. The van der Waals surface area contributed by atoms with Crippen LogP contribution in [-0.4, -0.2) is 23.2 Å². The van der Waals surface area contributed by atoms with Crippen LogP contribution >= 0.6 is 23.4 Å². The van der Waals surface area contributed by atoms with Crippen molar-refractivity contribution in [1.82, 2.24) is 0 Å². The third-order valence-electron chi connectivity index (χ3n) is 3.55. The maximum atomic E-state index is 13.4. The first-order valence-corrected chi connectivity index (χ1v) is 8.69. The fourth-order valence-electron chi connectivity index (χ4n) is 2.45. The molecular formula is C18H14ClFO3S. The molecular weight excluding hydrogens is 351 g/mol. The van der Waals surface area contributed by atoms with Crippen molar-refractivity contribution < 1.29 is 19.0 Å². The molecule has 0 aromatic heterocycles. The maximum Gasteiger partial charge on any atom is 0.191 e. The van der Waals surface area contributed by atoms with Crippen LogP contribution in [0, 0.1) is 5.82 Å². The van der Waals surface area contributed by atoms with Gasteiger partial charge in [0.1, 0.15) is 5.82 Å². The maximum absolute atomic E-state index is 13.4. The lowest BCUT2D eigenvalue weighted by Crippen LogP contribution is -2.12. The van der Waals surface area contributed by atoms with Gasteiger partial charge in [-0.25, -0.2) is 4.39 Å². The van der Waals surface area contributed by atoms with Crippen LogP contribution in [0.15, 0.2) is 40.8 Å². The van der Waals surface area contributed by atoms with Gasteiger partial charge in [-0.3, -0.25) is 4.79 Å². The van der Waals surface area contributed by atoms with E-state index in [9.17, 15) is 14.3 Å². The number of hydrogen-bond acceptors (Lipinski definition) is 4. The van der Waals surface area contributed by atoms with Gasteiger partial charge in [0.2, 0.25) is 0 Å². The molecule has 0 radical (unpaired) electrons. The van der Waals surface area contributed by atoms with Crippen LogP contribution in [0.25, 0.3) is 6.08 Å². The number of benzene rings is 2. The molecule has 2 aromatic rings. The zero-order chi connectivity index (χ0) is 17.3. The Kier molecular flexibility index (Phi) is 4.83. The third kappa shape index (κ3) is 3.28. The van der Waals surface area contributed by atoms with Gasteiger partial charge < -0.3 is 9.84 Å². The summed E-state index contributed by atoms with van der Waals surface area (Å²) in [5, 5.41) is 10.0. The third-order valence-corrected chi connectivity index (χ3v) is 4.96. The lowest BCUT2D eigenvalue weighted by Gasteiger charge is -2.17.